The number of nitrogens with one attached hydrogen (secondary N) is 1. The summed E-state index contributed by atoms with van der Waals surface area (Å²) in [7, 11) is 1.74. The second-order valence-corrected chi connectivity index (χ2v) is 8.68. The minimum absolute atomic E-state index is 0.362. The molecule has 2 aliphatic heterocycles. The van der Waals surface area contributed by atoms with Crippen LogP contribution < -0.4 is 5.32 Å². The largest absolute Gasteiger partial charge is 0.385 e. The molecular formula is C25H42N4O2. The zero-order valence-corrected chi connectivity index (χ0v) is 19.7. The molecule has 2 aliphatic rings. The van der Waals surface area contributed by atoms with Crippen molar-refractivity contribution >= 4 is 5.96 Å². The average Bonchev–Trinajstić information content (AvgIpc) is 2.81. The average molecular weight is 431 g/mol. The zero-order valence-electron chi connectivity index (χ0n) is 19.7. The molecule has 1 N–H and O–H groups in total. The number of likely N-dealkylation sites (tertiary alicyclic amines) is 2. The van der Waals surface area contributed by atoms with Gasteiger partial charge in [0.25, 0.3) is 0 Å². The van der Waals surface area contributed by atoms with Crippen molar-refractivity contribution in [2.45, 2.75) is 64.6 Å². The lowest BCUT2D eigenvalue weighted by Gasteiger charge is -2.34. The second kappa shape index (κ2) is 13.7. The first-order valence-corrected chi connectivity index (χ1v) is 12.2. The normalized spacial score (nSPS) is 19.0. The summed E-state index contributed by atoms with van der Waals surface area (Å²) in [6, 6.07) is 8.82. The van der Waals surface area contributed by atoms with Gasteiger partial charge < -0.3 is 19.7 Å². The Morgan fingerprint density at radius 1 is 1.03 bits per heavy atom. The standard InChI is InChI=1S/C25H42N4O2/c1-3-26-25(29-16-12-24(13-17-29)31-19-9-18-30-2)27-20-22-10-5-6-11-23(22)21-28-14-7-4-8-15-28/h5-6,10-11,24H,3-4,7-9,12-21H2,1-2H3,(H,26,27). The van der Waals surface area contributed by atoms with Crippen LogP contribution in [0.15, 0.2) is 29.3 Å². The number of hydrogen-bond acceptors (Lipinski definition) is 4. The van der Waals surface area contributed by atoms with E-state index in [1.807, 2.05) is 0 Å². The first kappa shape index (κ1) is 24.0. The second-order valence-electron chi connectivity index (χ2n) is 8.68. The highest BCUT2D eigenvalue weighted by molar-refractivity contribution is 5.80. The van der Waals surface area contributed by atoms with Crippen LogP contribution >= 0.6 is 0 Å². The number of aliphatic imine (C=N–C) groups is 1. The van der Waals surface area contributed by atoms with Crippen LogP contribution in [0.2, 0.25) is 0 Å². The van der Waals surface area contributed by atoms with Gasteiger partial charge in [-0.1, -0.05) is 30.7 Å². The summed E-state index contributed by atoms with van der Waals surface area (Å²) in [5.74, 6) is 1.04. The molecule has 6 heteroatoms. The fourth-order valence-electron chi connectivity index (χ4n) is 4.50. The van der Waals surface area contributed by atoms with Crippen LogP contribution in [0.3, 0.4) is 0 Å². The molecule has 0 aromatic heterocycles. The lowest BCUT2D eigenvalue weighted by atomic mass is 10.1. The number of piperidine rings is 2. The van der Waals surface area contributed by atoms with E-state index in [-0.39, 0.29) is 0 Å². The summed E-state index contributed by atoms with van der Waals surface area (Å²) in [4.78, 5) is 10.0. The van der Waals surface area contributed by atoms with Crippen LogP contribution in [0.5, 0.6) is 0 Å². The van der Waals surface area contributed by atoms with Crippen molar-refractivity contribution in [1.82, 2.24) is 15.1 Å². The van der Waals surface area contributed by atoms with Crippen LogP contribution in [0.4, 0.5) is 0 Å². The van der Waals surface area contributed by atoms with Crippen molar-refractivity contribution in [2.75, 3.05) is 53.0 Å². The summed E-state index contributed by atoms with van der Waals surface area (Å²) in [6.45, 7) is 10.8. The molecule has 1 aromatic carbocycles. The van der Waals surface area contributed by atoms with E-state index in [1.54, 1.807) is 7.11 Å². The molecule has 0 atom stereocenters. The number of guanidine groups is 1. The molecule has 0 unspecified atom stereocenters. The molecule has 0 aliphatic carbocycles. The van der Waals surface area contributed by atoms with E-state index in [4.69, 9.17) is 14.5 Å². The fraction of sp³-hybridized carbons (Fsp3) is 0.720. The van der Waals surface area contributed by atoms with Crippen LogP contribution in [0.1, 0.15) is 56.6 Å². The van der Waals surface area contributed by atoms with E-state index in [0.29, 0.717) is 6.10 Å². The molecule has 6 nitrogen and oxygen atoms in total. The predicted molar refractivity (Wildman–Crippen MR) is 127 cm³/mol. The molecule has 0 spiro atoms. The topological polar surface area (TPSA) is 49.3 Å². The Balaban J connectivity index is 1.54. The molecule has 0 radical (unpaired) electrons. The molecule has 0 saturated carbocycles. The highest BCUT2D eigenvalue weighted by Crippen LogP contribution is 2.18. The molecule has 2 fully saturated rings. The van der Waals surface area contributed by atoms with Crippen molar-refractivity contribution in [1.29, 1.82) is 0 Å². The lowest BCUT2D eigenvalue weighted by Crippen LogP contribution is -2.47. The van der Waals surface area contributed by atoms with Gasteiger partial charge in [-0.25, -0.2) is 4.99 Å². The van der Waals surface area contributed by atoms with Crippen molar-refractivity contribution in [3.63, 3.8) is 0 Å². The van der Waals surface area contributed by atoms with Gasteiger partial charge in [0.1, 0.15) is 0 Å². The Morgan fingerprint density at radius 2 is 1.77 bits per heavy atom. The molecule has 31 heavy (non-hydrogen) atoms. The molecule has 0 amide bonds. The SMILES string of the molecule is CCNC(=NCc1ccccc1CN1CCCCC1)N1CCC(OCCCOC)CC1. The predicted octanol–water partition coefficient (Wildman–Crippen LogP) is 3.66. The van der Waals surface area contributed by atoms with Crippen molar-refractivity contribution in [2.24, 2.45) is 4.99 Å². The molecule has 174 valence electrons. The van der Waals surface area contributed by atoms with Gasteiger partial charge in [0.05, 0.1) is 12.6 Å². The molecular weight excluding hydrogens is 388 g/mol. The van der Waals surface area contributed by atoms with Gasteiger partial charge in [-0.2, -0.15) is 0 Å². The minimum Gasteiger partial charge on any atom is -0.385 e. The van der Waals surface area contributed by atoms with Gasteiger partial charge in [0, 0.05) is 46.5 Å². The van der Waals surface area contributed by atoms with Gasteiger partial charge in [-0.15, -0.1) is 0 Å². The molecule has 2 saturated heterocycles. The fourth-order valence-corrected chi connectivity index (χ4v) is 4.50. The van der Waals surface area contributed by atoms with Gasteiger partial charge in [-0.3, -0.25) is 4.90 Å². The van der Waals surface area contributed by atoms with E-state index >= 15 is 0 Å². The van der Waals surface area contributed by atoms with Crippen molar-refractivity contribution < 1.29 is 9.47 Å². The van der Waals surface area contributed by atoms with E-state index in [9.17, 15) is 0 Å². The van der Waals surface area contributed by atoms with Crippen molar-refractivity contribution in [3.05, 3.63) is 35.4 Å². The summed E-state index contributed by atoms with van der Waals surface area (Å²) in [5.41, 5.74) is 2.77. The number of hydrogen-bond donors (Lipinski definition) is 1. The maximum absolute atomic E-state index is 6.02. The van der Waals surface area contributed by atoms with Crippen LogP contribution in [0, 0.1) is 0 Å². The van der Waals surface area contributed by atoms with E-state index in [1.165, 1.54) is 43.5 Å². The van der Waals surface area contributed by atoms with Crippen LogP contribution in [-0.2, 0) is 22.6 Å². The third kappa shape index (κ3) is 8.09. The van der Waals surface area contributed by atoms with Crippen LogP contribution in [-0.4, -0.2) is 74.9 Å². The van der Waals surface area contributed by atoms with Gasteiger partial charge in [0.2, 0.25) is 0 Å². The Hall–Kier alpha value is -1.63. The summed E-state index contributed by atoms with van der Waals surface area (Å²) in [6.07, 6.45) is 7.49. The van der Waals surface area contributed by atoms with E-state index in [0.717, 1.165) is 71.2 Å². The quantitative estimate of drug-likeness (QED) is 0.349. The van der Waals surface area contributed by atoms with Crippen LogP contribution in [0.25, 0.3) is 0 Å². The van der Waals surface area contributed by atoms with E-state index < -0.39 is 0 Å². The van der Waals surface area contributed by atoms with Crippen molar-refractivity contribution in [3.8, 4) is 0 Å². The Kier molecular flexibility index (Phi) is 10.6. The Labute approximate surface area is 189 Å². The zero-order chi connectivity index (χ0) is 21.7. The number of nitrogens with zero attached hydrogens (tertiary/aromatic N) is 3. The number of rotatable bonds is 10. The summed E-state index contributed by atoms with van der Waals surface area (Å²) in [5, 5.41) is 3.51. The molecule has 1 aromatic rings. The van der Waals surface area contributed by atoms with E-state index in [2.05, 4.69) is 46.3 Å². The number of ether oxygens (including phenoxy) is 2. The maximum Gasteiger partial charge on any atom is 0.194 e. The Bertz CT molecular complexity index is 653. The minimum atomic E-state index is 0.362. The monoisotopic (exact) mass is 430 g/mol. The highest BCUT2D eigenvalue weighted by atomic mass is 16.5. The highest BCUT2D eigenvalue weighted by Gasteiger charge is 2.22. The molecule has 3 rings (SSSR count). The Morgan fingerprint density at radius 3 is 2.48 bits per heavy atom. The van der Waals surface area contributed by atoms with Gasteiger partial charge >= 0.3 is 0 Å². The number of benzene rings is 1. The number of methoxy groups -OCH3 is 1. The van der Waals surface area contributed by atoms with Gasteiger partial charge in [0.15, 0.2) is 5.96 Å². The third-order valence-corrected chi connectivity index (χ3v) is 6.28. The first-order chi connectivity index (χ1) is 15.3. The van der Waals surface area contributed by atoms with Gasteiger partial charge in [-0.05, 0) is 63.2 Å². The summed E-state index contributed by atoms with van der Waals surface area (Å²) >= 11 is 0. The maximum atomic E-state index is 6.02. The third-order valence-electron chi connectivity index (χ3n) is 6.28. The summed E-state index contributed by atoms with van der Waals surface area (Å²) < 4.78 is 11.1. The lowest BCUT2D eigenvalue weighted by molar-refractivity contribution is 0.00990. The first-order valence-electron chi connectivity index (χ1n) is 12.2. The molecule has 2 heterocycles. The molecule has 0 bridgehead atoms. The smallest absolute Gasteiger partial charge is 0.194 e.